The highest BCUT2D eigenvalue weighted by Crippen LogP contribution is 2.15. The normalized spacial score (nSPS) is 18.2. The molecule has 0 radical (unpaired) electrons. The smallest absolute Gasteiger partial charge is 0.151 e. The van der Waals surface area contributed by atoms with Gasteiger partial charge in [-0.2, -0.15) is 0 Å². The van der Waals surface area contributed by atoms with E-state index in [1.807, 2.05) is 12.1 Å². The summed E-state index contributed by atoms with van der Waals surface area (Å²) in [6.45, 7) is 2.03. The van der Waals surface area contributed by atoms with E-state index in [-0.39, 0.29) is 0 Å². The average Bonchev–Trinajstić information content (AvgIpc) is 2.93. The number of rotatable bonds is 4. The third kappa shape index (κ3) is 3.17. The van der Waals surface area contributed by atoms with Gasteiger partial charge in [-0.1, -0.05) is 0 Å². The molecule has 0 bridgehead atoms. The summed E-state index contributed by atoms with van der Waals surface area (Å²) in [7, 11) is 0. The van der Waals surface area contributed by atoms with Crippen molar-refractivity contribution in [1.82, 2.24) is 20.3 Å². The number of nitrogens with zero attached hydrogens (tertiary/aromatic N) is 3. The number of hydrogen-bond acceptors (Lipinski definition) is 6. The molecule has 1 fully saturated rings. The van der Waals surface area contributed by atoms with Crippen LogP contribution >= 0.6 is 0 Å². The summed E-state index contributed by atoms with van der Waals surface area (Å²) in [5, 5.41) is 9.87. The van der Waals surface area contributed by atoms with Gasteiger partial charge in [0.2, 0.25) is 0 Å². The molecule has 0 unspecified atom stereocenters. The molecule has 3 heterocycles. The standard InChI is InChI=1S/C13H16N6/c1-2-10(6-14-4-1)17-12-8-16-9-13(19-12)18-11-3-5-15-7-11/h1-2,4,6,8-9,11,15H,3,5,7H2,(H2,17,18,19)/t11-/m1/s1. The Bertz CT molecular complexity index is 524. The number of anilines is 3. The molecule has 19 heavy (non-hydrogen) atoms. The largest absolute Gasteiger partial charge is 0.365 e. The molecular formula is C13H16N6. The van der Waals surface area contributed by atoms with Crippen LogP contribution in [0.4, 0.5) is 17.3 Å². The topological polar surface area (TPSA) is 74.8 Å². The van der Waals surface area contributed by atoms with Crippen LogP contribution in [0, 0.1) is 0 Å². The second-order valence-corrected chi connectivity index (χ2v) is 4.49. The zero-order chi connectivity index (χ0) is 12.9. The molecule has 0 aromatic carbocycles. The van der Waals surface area contributed by atoms with Crippen LogP contribution < -0.4 is 16.0 Å². The summed E-state index contributed by atoms with van der Waals surface area (Å²) in [6, 6.07) is 4.25. The number of aromatic nitrogens is 3. The summed E-state index contributed by atoms with van der Waals surface area (Å²) in [5.74, 6) is 1.51. The van der Waals surface area contributed by atoms with E-state index in [2.05, 4.69) is 30.9 Å². The van der Waals surface area contributed by atoms with Crippen molar-refractivity contribution in [3.05, 3.63) is 36.9 Å². The lowest BCUT2D eigenvalue weighted by Gasteiger charge is -2.12. The first-order chi connectivity index (χ1) is 9.40. The molecule has 0 aliphatic carbocycles. The van der Waals surface area contributed by atoms with Gasteiger partial charge >= 0.3 is 0 Å². The number of nitrogens with one attached hydrogen (secondary N) is 3. The summed E-state index contributed by atoms with van der Waals surface area (Å²) in [5.41, 5.74) is 0.900. The van der Waals surface area contributed by atoms with Crippen LogP contribution in [0.15, 0.2) is 36.9 Å². The summed E-state index contributed by atoms with van der Waals surface area (Å²) >= 11 is 0. The van der Waals surface area contributed by atoms with E-state index in [0.717, 1.165) is 31.0 Å². The zero-order valence-electron chi connectivity index (χ0n) is 10.5. The Hall–Kier alpha value is -2.21. The van der Waals surface area contributed by atoms with Gasteiger partial charge in [-0.3, -0.25) is 9.97 Å². The third-order valence-corrected chi connectivity index (χ3v) is 2.98. The van der Waals surface area contributed by atoms with Crippen molar-refractivity contribution in [2.75, 3.05) is 23.7 Å². The van der Waals surface area contributed by atoms with Crippen LogP contribution in [0.1, 0.15) is 6.42 Å². The van der Waals surface area contributed by atoms with Crippen molar-refractivity contribution in [2.45, 2.75) is 12.5 Å². The molecule has 3 N–H and O–H groups in total. The molecular weight excluding hydrogens is 240 g/mol. The first-order valence-electron chi connectivity index (χ1n) is 6.36. The summed E-state index contributed by atoms with van der Waals surface area (Å²) < 4.78 is 0. The first-order valence-corrected chi connectivity index (χ1v) is 6.36. The Morgan fingerprint density at radius 1 is 1.16 bits per heavy atom. The van der Waals surface area contributed by atoms with E-state index in [0.29, 0.717) is 11.9 Å². The Labute approximate surface area is 111 Å². The maximum absolute atomic E-state index is 4.49. The van der Waals surface area contributed by atoms with E-state index in [1.165, 1.54) is 0 Å². The average molecular weight is 256 g/mol. The van der Waals surface area contributed by atoms with Crippen molar-refractivity contribution in [1.29, 1.82) is 0 Å². The maximum Gasteiger partial charge on any atom is 0.151 e. The molecule has 2 aromatic heterocycles. The summed E-state index contributed by atoms with van der Waals surface area (Å²) in [6.07, 6.45) is 8.05. The quantitative estimate of drug-likeness (QED) is 0.767. The molecule has 3 rings (SSSR count). The molecule has 0 spiro atoms. The van der Waals surface area contributed by atoms with Gasteiger partial charge in [0, 0.05) is 18.8 Å². The van der Waals surface area contributed by atoms with E-state index in [9.17, 15) is 0 Å². The van der Waals surface area contributed by atoms with Crippen LogP contribution in [0.2, 0.25) is 0 Å². The zero-order valence-corrected chi connectivity index (χ0v) is 10.5. The van der Waals surface area contributed by atoms with E-state index >= 15 is 0 Å². The molecule has 1 aliphatic heterocycles. The van der Waals surface area contributed by atoms with E-state index in [1.54, 1.807) is 24.8 Å². The van der Waals surface area contributed by atoms with Gasteiger partial charge in [0.05, 0.1) is 24.3 Å². The minimum Gasteiger partial charge on any atom is -0.365 e. The van der Waals surface area contributed by atoms with Crippen LogP contribution in [0.3, 0.4) is 0 Å². The van der Waals surface area contributed by atoms with Crippen molar-refractivity contribution in [2.24, 2.45) is 0 Å². The molecule has 0 amide bonds. The van der Waals surface area contributed by atoms with Crippen LogP contribution in [-0.4, -0.2) is 34.1 Å². The number of pyridine rings is 1. The van der Waals surface area contributed by atoms with Crippen molar-refractivity contribution in [3.8, 4) is 0 Å². The highest BCUT2D eigenvalue weighted by Gasteiger charge is 2.14. The molecule has 6 heteroatoms. The fraction of sp³-hybridized carbons (Fsp3) is 0.308. The fourth-order valence-electron chi connectivity index (χ4n) is 2.07. The van der Waals surface area contributed by atoms with Gasteiger partial charge in [-0.15, -0.1) is 0 Å². The molecule has 1 saturated heterocycles. The monoisotopic (exact) mass is 256 g/mol. The molecule has 1 aliphatic rings. The van der Waals surface area contributed by atoms with Gasteiger partial charge in [-0.25, -0.2) is 4.98 Å². The molecule has 6 nitrogen and oxygen atoms in total. The fourth-order valence-corrected chi connectivity index (χ4v) is 2.07. The summed E-state index contributed by atoms with van der Waals surface area (Å²) in [4.78, 5) is 12.7. The van der Waals surface area contributed by atoms with Gasteiger partial charge < -0.3 is 16.0 Å². The highest BCUT2D eigenvalue weighted by atomic mass is 15.1. The van der Waals surface area contributed by atoms with Gasteiger partial charge in [0.15, 0.2) is 5.82 Å². The van der Waals surface area contributed by atoms with Crippen LogP contribution in [-0.2, 0) is 0 Å². The second kappa shape index (κ2) is 5.62. The van der Waals surface area contributed by atoms with E-state index in [4.69, 9.17) is 0 Å². The predicted octanol–water partition coefficient (Wildman–Crippen LogP) is 1.39. The molecule has 1 atom stereocenters. The second-order valence-electron chi connectivity index (χ2n) is 4.49. The Balaban J connectivity index is 1.69. The first kappa shape index (κ1) is 11.9. The van der Waals surface area contributed by atoms with Crippen molar-refractivity contribution >= 4 is 17.3 Å². The lowest BCUT2D eigenvalue weighted by molar-refractivity contribution is 0.787. The lowest BCUT2D eigenvalue weighted by atomic mass is 10.3. The maximum atomic E-state index is 4.49. The Kier molecular flexibility index (Phi) is 3.51. The Morgan fingerprint density at radius 3 is 2.89 bits per heavy atom. The molecule has 2 aromatic rings. The minimum absolute atomic E-state index is 0.433. The SMILES string of the molecule is c1cncc(Nc2cncc(N[C@@H]3CCNC3)n2)c1. The van der Waals surface area contributed by atoms with E-state index < -0.39 is 0 Å². The van der Waals surface area contributed by atoms with Crippen molar-refractivity contribution < 1.29 is 0 Å². The molecule has 98 valence electrons. The van der Waals surface area contributed by atoms with Crippen molar-refractivity contribution in [3.63, 3.8) is 0 Å². The lowest BCUT2D eigenvalue weighted by Crippen LogP contribution is -2.22. The molecule has 0 saturated carbocycles. The minimum atomic E-state index is 0.433. The van der Waals surface area contributed by atoms with Gasteiger partial charge in [0.1, 0.15) is 5.82 Å². The van der Waals surface area contributed by atoms with Gasteiger partial charge in [-0.05, 0) is 25.1 Å². The highest BCUT2D eigenvalue weighted by molar-refractivity contribution is 5.55. The Morgan fingerprint density at radius 2 is 2.11 bits per heavy atom. The predicted molar refractivity (Wildman–Crippen MR) is 74.4 cm³/mol. The van der Waals surface area contributed by atoms with Crippen LogP contribution in [0.25, 0.3) is 0 Å². The number of hydrogen-bond donors (Lipinski definition) is 3. The van der Waals surface area contributed by atoms with Crippen LogP contribution in [0.5, 0.6) is 0 Å². The van der Waals surface area contributed by atoms with Gasteiger partial charge in [0.25, 0.3) is 0 Å². The third-order valence-electron chi connectivity index (χ3n) is 2.98.